The molecule has 0 N–H and O–H groups in total. The molecule has 1 nitrogen and oxygen atoms in total. The van der Waals surface area contributed by atoms with Crippen LogP contribution in [0.1, 0.15) is 58.6 Å². The van der Waals surface area contributed by atoms with Gasteiger partial charge >= 0.3 is 0 Å². The van der Waals surface area contributed by atoms with Gasteiger partial charge in [-0.15, -0.1) is 0 Å². The van der Waals surface area contributed by atoms with E-state index in [1.165, 1.54) is 11.1 Å². The molecule has 0 bridgehead atoms. The molecule has 0 aliphatic carbocycles. The maximum atomic E-state index is 5.95. The van der Waals surface area contributed by atoms with Gasteiger partial charge in [0.2, 0.25) is 0 Å². The van der Waals surface area contributed by atoms with Gasteiger partial charge in [0.25, 0.3) is 0 Å². The zero-order valence-electron chi connectivity index (χ0n) is 14.6. The van der Waals surface area contributed by atoms with E-state index in [1.807, 2.05) is 58.0 Å². The highest BCUT2D eigenvalue weighted by atomic mass is 16.5. The fourth-order valence-electron chi connectivity index (χ4n) is 1.82. The lowest BCUT2D eigenvalue weighted by Crippen LogP contribution is -1.94. The van der Waals surface area contributed by atoms with Crippen LogP contribution in [0.3, 0.4) is 0 Å². The van der Waals surface area contributed by atoms with Crippen LogP contribution >= 0.6 is 0 Å². The summed E-state index contributed by atoms with van der Waals surface area (Å²) < 4.78 is 5.95. The van der Waals surface area contributed by atoms with Crippen molar-refractivity contribution >= 4 is 0 Å². The van der Waals surface area contributed by atoms with Crippen LogP contribution in [0, 0.1) is 6.92 Å². The number of hydrogen-bond acceptors (Lipinski definition) is 1. The van der Waals surface area contributed by atoms with Gasteiger partial charge in [-0.2, -0.15) is 0 Å². The minimum atomic E-state index is 0.467. The van der Waals surface area contributed by atoms with Crippen LogP contribution in [-0.4, -0.2) is 0 Å². The van der Waals surface area contributed by atoms with E-state index in [4.69, 9.17) is 4.74 Å². The molecule has 0 amide bonds. The Bertz CT molecular complexity index is 486. The van der Waals surface area contributed by atoms with Crippen molar-refractivity contribution in [3.05, 3.63) is 59.7 Å². The molecule has 2 rings (SSSR count). The standard InChI is InChI=1S/C16H18O.2C2H6/c1-12(2)15-10-9-13(3)11-16(15)17-14-7-5-4-6-8-14;2*1-2/h4-12H,1-3H3;2*1-2H3. The highest BCUT2D eigenvalue weighted by molar-refractivity contribution is 5.42. The molecular formula is C20H30O. The van der Waals surface area contributed by atoms with E-state index in [1.54, 1.807) is 0 Å². The van der Waals surface area contributed by atoms with E-state index in [9.17, 15) is 0 Å². The minimum Gasteiger partial charge on any atom is -0.457 e. The second-order valence-corrected chi connectivity index (χ2v) is 4.61. The van der Waals surface area contributed by atoms with Crippen LogP contribution in [0.25, 0.3) is 0 Å². The van der Waals surface area contributed by atoms with E-state index in [0.29, 0.717) is 5.92 Å². The Labute approximate surface area is 131 Å². The quantitative estimate of drug-likeness (QED) is 0.592. The zero-order chi connectivity index (χ0) is 16.3. The largest absolute Gasteiger partial charge is 0.457 e. The lowest BCUT2D eigenvalue weighted by molar-refractivity contribution is 0.472. The van der Waals surface area contributed by atoms with E-state index in [2.05, 4.69) is 39.0 Å². The third-order valence-corrected chi connectivity index (χ3v) is 2.76. The van der Waals surface area contributed by atoms with Gasteiger partial charge in [-0.25, -0.2) is 0 Å². The van der Waals surface area contributed by atoms with Crippen molar-refractivity contribution in [1.82, 2.24) is 0 Å². The number of para-hydroxylation sites is 1. The van der Waals surface area contributed by atoms with Crippen LogP contribution in [0.4, 0.5) is 0 Å². The topological polar surface area (TPSA) is 9.23 Å². The summed E-state index contributed by atoms with van der Waals surface area (Å²) in [6.45, 7) is 14.5. The van der Waals surface area contributed by atoms with Gasteiger partial charge in [-0.1, -0.05) is 71.9 Å². The number of rotatable bonds is 3. The Morgan fingerprint density at radius 3 is 1.90 bits per heavy atom. The lowest BCUT2D eigenvalue weighted by atomic mass is 10.0. The first-order valence-electron chi connectivity index (χ1n) is 8.00. The molecule has 116 valence electrons. The molecule has 0 aliphatic rings. The molecule has 0 atom stereocenters. The van der Waals surface area contributed by atoms with Crippen molar-refractivity contribution < 1.29 is 4.74 Å². The Kier molecular flexibility index (Phi) is 10.0. The molecule has 0 spiro atoms. The van der Waals surface area contributed by atoms with E-state index in [0.717, 1.165) is 11.5 Å². The molecule has 2 aromatic carbocycles. The third kappa shape index (κ3) is 6.48. The Morgan fingerprint density at radius 2 is 1.38 bits per heavy atom. The molecule has 0 aliphatic heterocycles. The molecule has 21 heavy (non-hydrogen) atoms. The average Bonchev–Trinajstić information content (AvgIpc) is 2.52. The van der Waals surface area contributed by atoms with Crippen LogP contribution in [-0.2, 0) is 0 Å². The molecule has 1 heteroatoms. The molecule has 2 aromatic rings. The van der Waals surface area contributed by atoms with E-state index >= 15 is 0 Å². The van der Waals surface area contributed by atoms with Gasteiger partial charge < -0.3 is 4.74 Å². The second kappa shape index (κ2) is 11.0. The van der Waals surface area contributed by atoms with Crippen LogP contribution in [0.5, 0.6) is 11.5 Å². The van der Waals surface area contributed by atoms with Gasteiger partial charge in [0, 0.05) is 0 Å². The Morgan fingerprint density at radius 1 is 0.810 bits per heavy atom. The minimum absolute atomic E-state index is 0.467. The molecule has 0 saturated carbocycles. The SMILES string of the molecule is CC.CC.Cc1ccc(C(C)C)c(Oc2ccccc2)c1. The van der Waals surface area contributed by atoms with Gasteiger partial charge in [0.05, 0.1) is 0 Å². The maximum Gasteiger partial charge on any atom is 0.131 e. The summed E-state index contributed by atoms with van der Waals surface area (Å²) >= 11 is 0. The molecule has 0 radical (unpaired) electrons. The van der Waals surface area contributed by atoms with Crippen molar-refractivity contribution in [2.45, 2.75) is 54.4 Å². The zero-order valence-corrected chi connectivity index (χ0v) is 14.6. The van der Waals surface area contributed by atoms with Crippen molar-refractivity contribution in [2.24, 2.45) is 0 Å². The van der Waals surface area contributed by atoms with Crippen LogP contribution < -0.4 is 4.74 Å². The van der Waals surface area contributed by atoms with Crippen molar-refractivity contribution in [3.63, 3.8) is 0 Å². The number of aryl methyl sites for hydroxylation is 1. The highest BCUT2D eigenvalue weighted by Crippen LogP contribution is 2.31. The molecule has 0 fully saturated rings. The normalized spacial score (nSPS) is 9.14. The smallest absolute Gasteiger partial charge is 0.131 e. The molecular weight excluding hydrogens is 256 g/mol. The van der Waals surface area contributed by atoms with Gasteiger partial charge in [-0.05, 0) is 42.2 Å². The second-order valence-electron chi connectivity index (χ2n) is 4.61. The number of ether oxygens (including phenoxy) is 1. The highest BCUT2D eigenvalue weighted by Gasteiger charge is 2.08. The van der Waals surface area contributed by atoms with Crippen molar-refractivity contribution in [1.29, 1.82) is 0 Å². The first kappa shape index (κ1) is 19.2. The summed E-state index contributed by atoms with van der Waals surface area (Å²) in [5.41, 5.74) is 2.47. The molecule has 0 unspecified atom stereocenters. The van der Waals surface area contributed by atoms with Crippen LogP contribution in [0.2, 0.25) is 0 Å². The third-order valence-electron chi connectivity index (χ3n) is 2.76. The Balaban J connectivity index is 0.000000921. The molecule has 0 heterocycles. The summed E-state index contributed by atoms with van der Waals surface area (Å²) in [5.74, 6) is 2.32. The van der Waals surface area contributed by atoms with Crippen LogP contribution in [0.15, 0.2) is 48.5 Å². The van der Waals surface area contributed by atoms with Crippen molar-refractivity contribution in [2.75, 3.05) is 0 Å². The van der Waals surface area contributed by atoms with Gasteiger partial charge in [-0.3, -0.25) is 0 Å². The first-order chi connectivity index (χ1) is 10.2. The first-order valence-corrected chi connectivity index (χ1v) is 8.00. The summed E-state index contributed by atoms with van der Waals surface area (Å²) in [6.07, 6.45) is 0. The molecule has 0 aromatic heterocycles. The summed E-state index contributed by atoms with van der Waals surface area (Å²) in [4.78, 5) is 0. The molecule has 0 saturated heterocycles. The fraction of sp³-hybridized carbons (Fsp3) is 0.400. The summed E-state index contributed by atoms with van der Waals surface area (Å²) in [6, 6.07) is 16.3. The predicted octanol–water partition coefficient (Wildman–Crippen LogP) is 6.96. The fourth-order valence-corrected chi connectivity index (χ4v) is 1.82. The number of benzene rings is 2. The lowest BCUT2D eigenvalue weighted by Gasteiger charge is -2.14. The van der Waals surface area contributed by atoms with Gasteiger partial charge in [0.15, 0.2) is 0 Å². The monoisotopic (exact) mass is 286 g/mol. The Hall–Kier alpha value is -1.76. The average molecular weight is 286 g/mol. The maximum absolute atomic E-state index is 5.95. The van der Waals surface area contributed by atoms with Crippen molar-refractivity contribution in [3.8, 4) is 11.5 Å². The van der Waals surface area contributed by atoms with E-state index in [-0.39, 0.29) is 0 Å². The van der Waals surface area contributed by atoms with E-state index < -0.39 is 0 Å². The predicted molar refractivity (Wildman–Crippen MR) is 94.5 cm³/mol. The van der Waals surface area contributed by atoms with Gasteiger partial charge in [0.1, 0.15) is 11.5 Å². The summed E-state index contributed by atoms with van der Waals surface area (Å²) in [5, 5.41) is 0. The summed E-state index contributed by atoms with van der Waals surface area (Å²) in [7, 11) is 0. The number of hydrogen-bond donors (Lipinski definition) is 0.